The van der Waals surface area contributed by atoms with Crippen LogP contribution < -0.4 is 0 Å². The molecule has 0 N–H and O–H groups in total. The predicted octanol–water partition coefficient (Wildman–Crippen LogP) is 4.88. The van der Waals surface area contributed by atoms with Crippen molar-refractivity contribution in [2.75, 3.05) is 0 Å². The Hall–Kier alpha value is -3.41. The van der Waals surface area contributed by atoms with Gasteiger partial charge in [0.15, 0.2) is 0 Å². The molecule has 6 nitrogen and oxygen atoms in total. The molecular formula is C25H24IrN6-2. The molecule has 4 heterocycles. The summed E-state index contributed by atoms with van der Waals surface area (Å²) >= 11 is 0. The maximum Gasteiger partial charge on any atom is 0.107 e. The van der Waals surface area contributed by atoms with Crippen LogP contribution in [0.5, 0.6) is 0 Å². The molecule has 0 atom stereocenters. The van der Waals surface area contributed by atoms with Crippen molar-refractivity contribution in [1.29, 1.82) is 0 Å². The zero-order valence-corrected chi connectivity index (χ0v) is 20.6. The summed E-state index contributed by atoms with van der Waals surface area (Å²) in [5.41, 5.74) is 5.47. The molecule has 0 aliphatic rings. The second-order valence-corrected chi connectivity index (χ2v) is 6.75. The predicted molar refractivity (Wildman–Crippen MR) is 124 cm³/mol. The molecule has 7 heteroatoms. The molecule has 0 aliphatic carbocycles. The third-order valence-electron chi connectivity index (χ3n) is 4.33. The van der Waals surface area contributed by atoms with Crippen molar-refractivity contribution in [2.45, 2.75) is 0 Å². The van der Waals surface area contributed by atoms with Gasteiger partial charge in [-0.15, -0.1) is 35.9 Å². The van der Waals surface area contributed by atoms with Crippen LogP contribution in [0.4, 0.5) is 0 Å². The number of benzene rings is 1. The molecule has 5 rings (SSSR count). The summed E-state index contributed by atoms with van der Waals surface area (Å²) < 4.78 is 3.81. The van der Waals surface area contributed by atoms with Crippen molar-refractivity contribution >= 4 is 0 Å². The van der Waals surface area contributed by atoms with Crippen molar-refractivity contribution in [2.24, 2.45) is 14.1 Å². The molecular weight excluding hydrogens is 577 g/mol. The van der Waals surface area contributed by atoms with Crippen LogP contribution in [-0.2, 0) is 34.2 Å². The molecule has 0 bridgehead atoms. The second kappa shape index (κ2) is 11.8. The van der Waals surface area contributed by atoms with E-state index >= 15 is 0 Å². The topological polar surface area (TPSA) is 61.4 Å². The molecule has 0 saturated carbocycles. The monoisotopic (exact) mass is 601 g/mol. The van der Waals surface area contributed by atoms with Gasteiger partial charge in [-0.2, -0.15) is 0 Å². The van der Waals surface area contributed by atoms with Gasteiger partial charge in [-0.3, -0.25) is 0 Å². The summed E-state index contributed by atoms with van der Waals surface area (Å²) in [4.78, 5) is 17.4. The molecule has 0 spiro atoms. The molecule has 1 radical (unpaired) electrons. The first-order chi connectivity index (χ1) is 14.7. The first-order valence-electron chi connectivity index (χ1n) is 9.51. The van der Waals surface area contributed by atoms with Gasteiger partial charge in [0.2, 0.25) is 0 Å². The molecule has 0 saturated heterocycles. The van der Waals surface area contributed by atoms with E-state index in [2.05, 4.69) is 26.0 Å². The summed E-state index contributed by atoms with van der Waals surface area (Å²) in [5, 5.41) is 0. The largest absolute Gasteiger partial charge is 0.358 e. The van der Waals surface area contributed by atoms with Crippen LogP contribution in [0.2, 0.25) is 0 Å². The van der Waals surface area contributed by atoms with Gasteiger partial charge in [-0.05, 0) is 23.9 Å². The summed E-state index contributed by atoms with van der Waals surface area (Å²) in [5.74, 6) is 0. The van der Waals surface area contributed by atoms with Gasteiger partial charge in [0.05, 0.1) is 24.0 Å². The molecule has 1 aromatic carbocycles. The average Bonchev–Trinajstić information content (AvgIpc) is 3.44. The summed E-state index contributed by atoms with van der Waals surface area (Å²) in [6, 6.07) is 22.7. The smallest absolute Gasteiger partial charge is 0.107 e. The van der Waals surface area contributed by atoms with E-state index in [4.69, 9.17) is 0 Å². The van der Waals surface area contributed by atoms with Crippen LogP contribution in [0.25, 0.3) is 34.0 Å². The Balaban J connectivity index is 0.000000229. The number of aromatic nitrogens is 6. The normalized spacial score (nSPS) is 9.69. The van der Waals surface area contributed by atoms with E-state index in [0.717, 1.165) is 34.0 Å². The Morgan fingerprint density at radius 2 is 1.25 bits per heavy atom. The maximum absolute atomic E-state index is 4.59. The van der Waals surface area contributed by atoms with E-state index in [9.17, 15) is 0 Å². The minimum absolute atomic E-state index is 0. The van der Waals surface area contributed by atoms with Crippen LogP contribution in [-0.4, -0.2) is 29.1 Å². The minimum atomic E-state index is 0. The van der Waals surface area contributed by atoms with Gasteiger partial charge in [0.1, 0.15) is 11.4 Å². The molecule has 5 aromatic rings. The number of hydrogen-bond donors (Lipinski definition) is 0. The van der Waals surface area contributed by atoms with Gasteiger partial charge >= 0.3 is 0 Å². The number of nitrogens with zero attached hydrogens (tertiary/aromatic N) is 6. The van der Waals surface area contributed by atoms with E-state index in [1.165, 1.54) is 0 Å². The van der Waals surface area contributed by atoms with E-state index in [0.29, 0.717) is 0 Å². The molecule has 165 valence electrons. The first-order valence-corrected chi connectivity index (χ1v) is 9.51. The zero-order chi connectivity index (χ0) is 20.8. The van der Waals surface area contributed by atoms with E-state index in [-0.39, 0.29) is 27.5 Å². The van der Waals surface area contributed by atoms with Crippen molar-refractivity contribution in [3.8, 4) is 34.0 Å². The van der Waals surface area contributed by atoms with Gasteiger partial charge in [-0.1, -0.05) is 18.2 Å². The van der Waals surface area contributed by atoms with Crippen LogP contribution in [0.1, 0.15) is 0 Å². The van der Waals surface area contributed by atoms with E-state index in [1.807, 2.05) is 96.3 Å². The second-order valence-electron chi connectivity index (χ2n) is 6.75. The van der Waals surface area contributed by atoms with Crippen LogP contribution in [0.15, 0.2) is 91.9 Å². The molecule has 4 aromatic heterocycles. The Labute approximate surface area is 202 Å². The molecule has 0 aliphatic heterocycles. The maximum atomic E-state index is 4.59. The Bertz CT molecular complexity index is 1120. The molecule has 0 amide bonds. The zero-order valence-electron chi connectivity index (χ0n) is 18.2. The number of imidazole rings is 2. The SMILES string of the molecule is Cn1cnc(-c2cccc(-c3cn(C)cn3)n2)c1.[CH3-].[Ir].[c-]1ccccc1-c1ccccn1. The number of pyridine rings is 2. The summed E-state index contributed by atoms with van der Waals surface area (Å²) in [6.07, 6.45) is 9.22. The van der Waals surface area contributed by atoms with Crippen LogP contribution in [0.3, 0.4) is 0 Å². The molecule has 0 unspecified atom stereocenters. The van der Waals surface area contributed by atoms with Crippen molar-refractivity contribution in [3.05, 3.63) is 105 Å². The molecule has 0 fully saturated rings. The van der Waals surface area contributed by atoms with Gasteiger partial charge in [0, 0.05) is 52.8 Å². The van der Waals surface area contributed by atoms with Crippen LogP contribution >= 0.6 is 0 Å². The van der Waals surface area contributed by atoms with Crippen molar-refractivity contribution < 1.29 is 20.1 Å². The fourth-order valence-corrected chi connectivity index (χ4v) is 2.88. The number of rotatable bonds is 3. The van der Waals surface area contributed by atoms with Crippen LogP contribution in [0, 0.1) is 13.5 Å². The fourth-order valence-electron chi connectivity index (χ4n) is 2.88. The Morgan fingerprint density at radius 3 is 1.72 bits per heavy atom. The van der Waals surface area contributed by atoms with Gasteiger partial charge in [0.25, 0.3) is 0 Å². The van der Waals surface area contributed by atoms with Gasteiger partial charge in [-0.25, -0.2) is 15.0 Å². The minimum Gasteiger partial charge on any atom is -0.358 e. The van der Waals surface area contributed by atoms with E-state index < -0.39 is 0 Å². The summed E-state index contributed by atoms with van der Waals surface area (Å²) in [6.45, 7) is 0. The van der Waals surface area contributed by atoms with Gasteiger partial charge < -0.3 is 21.5 Å². The first kappa shape index (κ1) is 24.9. The fraction of sp³-hybridized carbons (Fsp3) is 0.0800. The Kier molecular flexibility index (Phi) is 9.20. The molecule has 32 heavy (non-hydrogen) atoms. The summed E-state index contributed by atoms with van der Waals surface area (Å²) in [7, 11) is 3.89. The number of aryl methyl sites for hydroxylation is 2. The Morgan fingerprint density at radius 1 is 0.656 bits per heavy atom. The standard InChI is InChI=1S/C13H13N5.C11H8N.CH3.Ir/c1-17-6-12(14-8-17)10-4-3-5-11(16-10)13-7-18(2)9-15-13;1-2-6-10(7-3-1)11-8-4-5-9-12-11;;/h3-9H,1-2H3;1-6,8-9H;1H3;/q;2*-1;. The third kappa shape index (κ3) is 6.30. The third-order valence-corrected chi connectivity index (χ3v) is 4.33. The number of hydrogen-bond acceptors (Lipinski definition) is 4. The van der Waals surface area contributed by atoms with Crippen molar-refractivity contribution in [1.82, 2.24) is 29.1 Å². The average molecular weight is 601 g/mol. The van der Waals surface area contributed by atoms with E-state index in [1.54, 1.807) is 18.9 Å². The quantitative estimate of drug-likeness (QED) is 0.277. The van der Waals surface area contributed by atoms with Crippen molar-refractivity contribution in [3.63, 3.8) is 0 Å².